The van der Waals surface area contributed by atoms with E-state index in [1.165, 1.54) is 20.3 Å². The quantitative estimate of drug-likeness (QED) is 0.582. The second-order valence-corrected chi connectivity index (χ2v) is 2.32. The first-order valence-corrected chi connectivity index (χ1v) is 3.36. The van der Waals surface area contributed by atoms with E-state index in [-0.39, 0.29) is 0 Å². The summed E-state index contributed by atoms with van der Waals surface area (Å²) in [5.74, 6) is -2.75. The zero-order valence-electron chi connectivity index (χ0n) is 6.83. The molecule has 0 saturated heterocycles. The molecule has 0 heterocycles. The van der Waals surface area contributed by atoms with Crippen LogP contribution in [0.3, 0.4) is 0 Å². The number of methoxy groups -OCH3 is 2. The summed E-state index contributed by atoms with van der Waals surface area (Å²) >= 11 is 0. The van der Waals surface area contributed by atoms with Crippen molar-refractivity contribution in [2.75, 3.05) is 14.2 Å². The molecule has 0 atom stereocenters. The number of halogens is 1. The van der Waals surface area contributed by atoms with E-state index in [2.05, 4.69) is 0 Å². The number of ketones is 1. The average Bonchev–Trinajstić information content (AvgIpc) is 2.10. The third-order valence-corrected chi connectivity index (χ3v) is 1.67. The van der Waals surface area contributed by atoms with Gasteiger partial charge in [-0.3, -0.25) is 4.79 Å². The Bertz CT molecular complexity index is 251. The van der Waals surface area contributed by atoms with Crippen molar-refractivity contribution in [1.29, 1.82) is 0 Å². The van der Waals surface area contributed by atoms with Crippen molar-refractivity contribution in [3.8, 4) is 0 Å². The molecular weight excluding hydrogens is 163 g/mol. The molecule has 0 N–H and O–H groups in total. The van der Waals surface area contributed by atoms with E-state index in [9.17, 15) is 9.18 Å². The smallest absolute Gasteiger partial charge is 0.213 e. The first-order chi connectivity index (χ1) is 5.63. The summed E-state index contributed by atoms with van der Waals surface area (Å²) in [6, 6.07) is 0. The first kappa shape index (κ1) is 9.09. The van der Waals surface area contributed by atoms with Gasteiger partial charge in [0.15, 0.2) is 5.83 Å². The van der Waals surface area contributed by atoms with Gasteiger partial charge < -0.3 is 9.47 Å². The number of allylic oxidation sites excluding steroid dienone is 2. The van der Waals surface area contributed by atoms with Crippen LogP contribution in [-0.4, -0.2) is 25.8 Å². The van der Waals surface area contributed by atoms with Crippen molar-refractivity contribution in [2.45, 2.75) is 5.79 Å². The zero-order valence-corrected chi connectivity index (χ0v) is 6.83. The molecule has 0 saturated carbocycles. The summed E-state index contributed by atoms with van der Waals surface area (Å²) in [6.07, 6.45) is 3.44. The van der Waals surface area contributed by atoms with Crippen LogP contribution < -0.4 is 0 Å². The predicted octanol–water partition coefficient (Wildman–Crippen LogP) is 0.968. The first-order valence-electron chi connectivity index (χ1n) is 3.36. The van der Waals surface area contributed by atoms with E-state index in [0.717, 1.165) is 12.2 Å². The summed E-state index contributed by atoms with van der Waals surface area (Å²) in [7, 11) is 2.74. The van der Waals surface area contributed by atoms with Crippen LogP contribution in [-0.2, 0) is 14.3 Å². The molecule has 0 unspecified atom stereocenters. The third-order valence-electron chi connectivity index (χ3n) is 1.67. The molecule has 3 nitrogen and oxygen atoms in total. The molecule has 0 bridgehead atoms. The van der Waals surface area contributed by atoms with Gasteiger partial charge in [-0.2, -0.15) is 0 Å². The second kappa shape index (κ2) is 3.16. The molecule has 0 fully saturated rings. The Morgan fingerprint density at radius 3 is 2.42 bits per heavy atom. The highest BCUT2D eigenvalue weighted by atomic mass is 19.1. The van der Waals surface area contributed by atoms with Crippen LogP contribution in [0.4, 0.5) is 4.39 Å². The van der Waals surface area contributed by atoms with Crippen molar-refractivity contribution in [2.24, 2.45) is 0 Å². The van der Waals surface area contributed by atoms with Crippen LogP contribution in [0.25, 0.3) is 0 Å². The highest BCUT2D eigenvalue weighted by Gasteiger charge is 2.29. The van der Waals surface area contributed by atoms with Crippen molar-refractivity contribution in [3.05, 3.63) is 24.1 Å². The van der Waals surface area contributed by atoms with Crippen LogP contribution in [0.15, 0.2) is 24.1 Å². The van der Waals surface area contributed by atoms with Gasteiger partial charge in [0.1, 0.15) is 0 Å². The lowest BCUT2D eigenvalue weighted by Gasteiger charge is -2.25. The third kappa shape index (κ3) is 1.44. The highest BCUT2D eigenvalue weighted by molar-refractivity contribution is 6.03. The second-order valence-electron chi connectivity index (χ2n) is 2.32. The van der Waals surface area contributed by atoms with E-state index >= 15 is 0 Å². The monoisotopic (exact) mass is 172 g/mol. The summed E-state index contributed by atoms with van der Waals surface area (Å²) < 4.78 is 22.5. The van der Waals surface area contributed by atoms with E-state index in [1.54, 1.807) is 0 Å². The van der Waals surface area contributed by atoms with Gasteiger partial charge in [-0.1, -0.05) is 0 Å². The van der Waals surface area contributed by atoms with Crippen molar-refractivity contribution >= 4 is 5.78 Å². The van der Waals surface area contributed by atoms with Gasteiger partial charge >= 0.3 is 0 Å². The summed E-state index contributed by atoms with van der Waals surface area (Å²) in [4.78, 5) is 10.7. The molecule has 1 rings (SSSR count). The molecule has 12 heavy (non-hydrogen) atoms. The topological polar surface area (TPSA) is 35.5 Å². The summed E-state index contributed by atoms with van der Waals surface area (Å²) in [5, 5.41) is 0. The Labute approximate surface area is 69.5 Å². The lowest BCUT2D eigenvalue weighted by Crippen LogP contribution is -2.31. The zero-order chi connectivity index (χ0) is 9.19. The number of hydrogen-bond acceptors (Lipinski definition) is 3. The molecule has 0 aromatic heterocycles. The number of carbonyl (C=O) groups is 1. The normalized spacial score (nSPS) is 20.9. The largest absolute Gasteiger partial charge is 0.346 e. The van der Waals surface area contributed by atoms with Crippen LogP contribution in [0.1, 0.15) is 0 Å². The SMILES string of the molecule is COC1(OC)C=CC(=O)C(F)=C1. The Morgan fingerprint density at radius 1 is 1.42 bits per heavy atom. The number of hydrogen-bond donors (Lipinski definition) is 0. The lowest BCUT2D eigenvalue weighted by molar-refractivity contribution is -0.138. The maximum Gasteiger partial charge on any atom is 0.213 e. The predicted molar refractivity (Wildman–Crippen MR) is 40.1 cm³/mol. The molecular formula is C8H9FO3. The molecule has 66 valence electrons. The molecule has 0 radical (unpaired) electrons. The molecule has 0 aliphatic heterocycles. The molecule has 0 amide bonds. The van der Waals surface area contributed by atoms with Crippen LogP contribution in [0, 0.1) is 0 Å². The Balaban J connectivity index is 2.96. The van der Waals surface area contributed by atoms with Gasteiger partial charge in [-0.15, -0.1) is 0 Å². The van der Waals surface area contributed by atoms with Gasteiger partial charge in [0, 0.05) is 20.3 Å². The maximum absolute atomic E-state index is 12.7. The van der Waals surface area contributed by atoms with Crippen molar-refractivity contribution in [3.63, 3.8) is 0 Å². The van der Waals surface area contributed by atoms with E-state index in [4.69, 9.17) is 9.47 Å². The number of carbonyl (C=O) groups excluding carboxylic acids is 1. The van der Waals surface area contributed by atoms with Gasteiger partial charge in [0.2, 0.25) is 11.6 Å². The fraction of sp³-hybridized carbons (Fsp3) is 0.375. The molecule has 0 spiro atoms. The average molecular weight is 172 g/mol. The van der Waals surface area contributed by atoms with Gasteiger partial charge in [0.05, 0.1) is 0 Å². The minimum atomic E-state index is -1.22. The van der Waals surface area contributed by atoms with Crippen molar-refractivity contribution in [1.82, 2.24) is 0 Å². The van der Waals surface area contributed by atoms with Gasteiger partial charge in [-0.25, -0.2) is 4.39 Å². The Hall–Kier alpha value is -1.00. The molecule has 4 heteroatoms. The van der Waals surface area contributed by atoms with Gasteiger partial charge in [0.25, 0.3) is 0 Å². The standard InChI is InChI=1S/C8H9FO3/c1-11-8(12-2)4-3-7(10)6(9)5-8/h3-5H,1-2H3. The van der Waals surface area contributed by atoms with Crippen LogP contribution in [0.2, 0.25) is 0 Å². The maximum atomic E-state index is 12.7. The van der Waals surface area contributed by atoms with Crippen LogP contribution in [0.5, 0.6) is 0 Å². The Kier molecular flexibility index (Phi) is 2.40. The summed E-state index contributed by atoms with van der Waals surface area (Å²) in [5.41, 5.74) is 0. The Morgan fingerprint density at radius 2 is 2.00 bits per heavy atom. The van der Waals surface area contributed by atoms with Crippen molar-refractivity contribution < 1.29 is 18.7 Å². The minimum Gasteiger partial charge on any atom is -0.346 e. The molecule has 0 aromatic rings. The molecule has 0 aromatic carbocycles. The fourth-order valence-electron chi connectivity index (χ4n) is 0.905. The number of rotatable bonds is 2. The number of ether oxygens (including phenoxy) is 2. The molecule has 1 aliphatic carbocycles. The fourth-order valence-corrected chi connectivity index (χ4v) is 0.905. The van der Waals surface area contributed by atoms with Gasteiger partial charge in [-0.05, 0) is 12.2 Å². The molecule has 1 aliphatic rings. The lowest BCUT2D eigenvalue weighted by atomic mass is 10.1. The highest BCUT2D eigenvalue weighted by Crippen LogP contribution is 2.22. The van der Waals surface area contributed by atoms with E-state index in [0.29, 0.717) is 0 Å². The summed E-state index contributed by atoms with van der Waals surface area (Å²) in [6.45, 7) is 0. The van der Waals surface area contributed by atoms with E-state index in [1.807, 2.05) is 0 Å². The minimum absolute atomic E-state index is 0.667. The van der Waals surface area contributed by atoms with Crippen LogP contribution >= 0.6 is 0 Å². The van der Waals surface area contributed by atoms with E-state index < -0.39 is 17.4 Å².